The predicted octanol–water partition coefficient (Wildman–Crippen LogP) is 1.89. The van der Waals surface area contributed by atoms with E-state index in [1.54, 1.807) is 18.2 Å². The van der Waals surface area contributed by atoms with E-state index in [9.17, 15) is 8.78 Å². The number of benzene rings is 1. The third kappa shape index (κ3) is 1.78. The summed E-state index contributed by atoms with van der Waals surface area (Å²) in [5.41, 5.74) is 6.75. The summed E-state index contributed by atoms with van der Waals surface area (Å²) in [5, 5.41) is 4.59. The Hall–Kier alpha value is -1.85. The van der Waals surface area contributed by atoms with Gasteiger partial charge in [-0.1, -0.05) is 0 Å². The molecule has 1 aromatic carbocycles. The molecule has 1 heterocycles. The fourth-order valence-electron chi connectivity index (χ4n) is 1.59. The molecular formula is C10H11F2N3O. The molecular weight excluding hydrogens is 216 g/mol. The first-order chi connectivity index (χ1) is 7.61. The highest BCUT2D eigenvalue weighted by molar-refractivity contribution is 5.87. The Labute approximate surface area is 90.6 Å². The maximum Gasteiger partial charge on any atom is 0.257 e. The first-order valence-electron chi connectivity index (χ1n) is 4.70. The highest BCUT2D eigenvalue weighted by Gasteiger charge is 2.14. The molecule has 0 amide bonds. The van der Waals surface area contributed by atoms with E-state index in [1.807, 2.05) is 0 Å². The Morgan fingerprint density at radius 2 is 2.25 bits per heavy atom. The molecule has 86 valence electrons. The molecule has 0 fully saturated rings. The zero-order valence-corrected chi connectivity index (χ0v) is 8.65. The minimum atomic E-state index is -2.45. The molecule has 0 aliphatic heterocycles. The molecule has 0 atom stereocenters. The number of anilines is 1. The predicted molar refractivity (Wildman–Crippen MR) is 56.7 cm³/mol. The normalized spacial score (nSPS) is 11.2. The average molecular weight is 227 g/mol. The van der Waals surface area contributed by atoms with Crippen molar-refractivity contribution in [2.45, 2.75) is 13.0 Å². The van der Waals surface area contributed by atoms with Crippen LogP contribution in [-0.2, 0) is 6.54 Å². The van der Waals surface area contributed by atoms with E-state index >= 15 is 0 Å². The summed E-state index contributed by atoms with van der Waals surface area (Å²) in [7, 11) is 1.44. The summed E-state index contributed by atoms with van der Waals surface area (Å²) in [6.45, 7) is -0.455. The zero-order chi connectivity index (χ0) is 11.7. The van der Waals surface area contributed by atoms with Crippen molar-refractivity contribution in [3.05, 3.63) is 18.2 Å². The Kier molecular flexibility index (Phi) is 2.64. The molecule has 2 N–H and O–H groups in total. The van der Waals surface area contributed by atoms with E-state index in [2.05, 4.69) is 5.10 Å². The van der Waals surface area contributed by atoms with Crippen LogP contribution in [0.15, 0.2) is 18.2 Å². The van der Waals surface area contributed by atoms with Crippen molar-refractivity contribution in [3.8, 4) is 5.88 Å². The highest BCUT2D eigenvalue weighted by atomic mass is 19.3. The lowest BCUT2D eigenvalue weighted by Gasteiger charge is -2.01. The number of rotatable bonds is 3. The van der Waals surface area contributed by atoms with Gasteiger partial charge in [0.1, 0.15) is 6.54 Å². The van der Waals surface area contributed by atoms with Gasteiger partial charge < -0.3 is 10.5 Å². The number of alkyl halides is 2. The smallest absolute Gasteiger partial charge is 0.257 e. The molecule has 0 bridgehead atoms. The van der Waals surface area contributed by atoms with E-state index in [0.29, 0.717) is 22.5 Å². The molecule has 1 aromatic heterocycles. The summed E-state index contributed by atoms with van der Waals surface area (Å²) in [6.07, 6.45) is -2.45. The lowest BCUT2D eigenvalue weighted by atomic mass is 10.2. The van der Waals surface area contributed by atoms with Gasteiger partial charge in [-0.25, -0.2) is 8.78 Å². The Balaban J connectivity index is 2.58. The van der Waals surface area contributed by atoms with E-state index in [1.165, 1.54) is 11.8 Å². The second-order valence-electron chi connectivity index (χ2n) is 3.36. The second-order valence-corrected chi connectivity index (χ2v) is 3.36. The molecule has 0 aliphatic rings. The number of hydrogen-bond acceptors (Lipinski definition) is 3. The van der Waals surface area contributed by atoms with Gasteiger partial charge in [0.2, 0.25) is 5.88 Å². The van der Waals surface area contributed by atoms with Gasteiger partial charge in [0, 0.05) is 5.69 Å². The van der Waals surface area contributed by atoms with Crippen LogP contribution in [0.2, 0.25) is 0 Å². The molecule has 4 nitrogen and oxygen atoms in total. The SMILES string of the molecule is COc1nn(CC(F)F)c2ccc(N)cc12. The largest absolute Gasteiger partial charge is 0.479 e. The molecule has 6 heteroatoms. The summed E-state index contributed by atoms with van der Waals surface area (Å²) < 4.78 is 30.9. The van der Waals surface area contributed by atoms with Crippen LogP contribution in [-0.4, -0.2) is 23.3 Å². The van der Waals surface area contributed by atoms with Gasteiger partial charge in [-0.05, 0) is 18.2 Å². The fourth-order valence-corrected chi connectivity index (χ4v) is 1.59. The van der Waals surface area contributed by atoms with E-state index in [-0.39, 0.29) is 0 Å². The summed E-state index contributed by atoms with van der Waals surface area (Å²) in [5.74, 6) is 0.308. The number of halogens is 2. The monoisotopic (exact) mass is 227 g/mol. The molecule has 16 heavy (non-hydrogen) atoms. The van der Waals surface area contributed by atoms with Crippen molar-refractivity contribution in [2.24, 2.45) is 0 Å². The molecule has 0 aliphatic carbocycles. The van der Waals surface area contributed by atoms with Gasteiger partial charge in [-0.3, -0.25) is 4.68 Å². The van der Waals surface area contributed by atoms with Crippen LogP contribution in [0.4, 0.5) is 14.5 Å². The fraction of sp³-hybridized carbons (Fsp3) is 0.300. The van der Waals surface area contributed by atoms with Crippen molar-refractivity contribution in [1.29, 1.82) is 0 Å². The molecule has 0 saturated heterocycles. The lowest BCUT2D eigenvalue weighted by molar-refractivity contribution is 0.123. The Morgan fingerprint density at radius 3 is 2.88 bits per heavy atom. The van der Waals surface area contributed by atoms with Crippen LogP contribution in [0.5, 0.6) is 5.88 Å². The minimum Gasteiger partial charge on any atom is -0.479 e. The van der Waals surface area contributed by atoms with Gasteiger partial charge in [0.15, 0.2) is 0 Å². The van der Waals surface area contributed by atoms with Gasteiger partial charge >= 0.3 is 0 Å². The van der Waals surface area contributed by atoms with Crippen LogP contribution < -0.4 is 10.5 Å². The zero-order valence-electron chi connectivity index (χ0n) is 8.65. The third-order valence-corrected chi connectivity index (χ3v) is 2.24. The van der Waals surface area contributed by atoms with Crippen molar-refractivity contribution >= 4 is 16.6 Å². The van der Waals surface area contributed by atoms with E-state index < -0.39 is 13.0 Å². The van der Waals surface area contributed by atoms with Crippen molar-refractivity contribution in [1.82, 2.24) is 9.78 Å². The average Bonchev–Trinajstić information content (AvgIpc) is 2.55. The molecule has 0 radical (unpaired) electrons. The van der Waals surface area contributed by atoms with Crippen LogP contribution in [0, 0.1) is 0 Å². The summed E-state index contributed by atoms with van der Waals surface area (Å²) in [4.78, 5) is 0. The Bertz CT molecular complexity index is 510. The summed E-state index contributed by atoms with van der Waals surface area (Å²) >= 11 is 0. The number of ether oxygens (including phenoxy) is 1. The van der Waals surface area contributed by atoms with Crippen molar-refractivity contribution in [2.75, 3.05) is 12.8 Å². The number of nitrogens with two attached hydrogens (primary N) is 1. The van der Waals surface area contributed by atoms with Gasteiger partial charge in [0.05, 0.1) is 18.0 Å². The standard InChI is InChI=1S/C10H11F2N3O/c1-16-10-7-4-6(13)2-3-8(7)15(14-10)5-9(11)12/h2-4,9H,5,13H2,1H3. The van der Waals surface area contributed by atoms with Crippen LogP contribution in [0.1, 0.15) is 0 Å². The minimum absolute atomic E-state index is 0.308. The highest BCUT2D eigenvalue weighted by Crippen LogP contribution is 2.27. The first kappa shape index (κ1) is 10.7. The topological polar surface area (TPSA) is 53.1 Å². The number of nitrogens with zero attached hydrogens (tertiary/aromatic N) is 2. The quantitative estimate of drug-likeness (QED) is 0.814. The maximum atomic E-state index is 12.3. The van der Waals surface area contributed by atoms with Gasteiger partial charge in [-0.2, -0.15) is 0 Å². The molecule has 2 aromatic rings. The number of nitrogen functional groups attached to an aromatic ring is 1. The first-order valence-corrected chi connectivity index (χ1v) is 4.70. The van der Waals surface area contributed by atoms with Crippen molar-refractivity contribution < 1.29 is 13.5 Å². The van der Waals surface area contributed by atoms with E-state index in [4.69, 9.17) is 10.5 Å². The molecule has 0 spiro atoms. The summed E-state index contributed by atoms with van der Waals surface area (Å²) in [6, 6.07) is 4.96. The number of methoxy groups -OCH3 is 1. The maximum absolute atomic E-state index is 12.3. The Morgan fingerprint density at radius 1 is 1.50 bits per heavy atom. The van der Waals surface area contributed by atoms with E-state index in [0.717, 1.165) is 0 Å². The van der Waals surface area contributed by atoms with Crippen LogP contribution in [0.25, 0.3) is 10.9 Å². The van der Waals surface area contributed by atoms with Gasteiger partial charge in [0.25, 0.3) is 6.43 Å². The molecule has 0 saturated carbocycles. The number of fused-ring (bicyclic) bond motifs is 1. The third-order valence-electron chi connectivity index (χ3n) is 2.24. The number of aromatic nitrogens is 2. The van der Waals surface area contributed by atoms with Crippen LogP contribution in [0.3, 0.4) is 0 Å². The molecule has 0 unspecified atom stereocenters. The van der Waals surface area contributed by atoms with Crippen molar-refractivity contribution in [3.63, 3.8) is 0 Å². The molecule has 2 rings (SSSR count). The lowest BCUT2D eigenvalue weighted by Crippen LogP contribution is -2.07. The number of hydrogen-bond donors (Lipinski definition) is 1. The van der Waals surface area contributed by atoms with Gasteiger partial charge in [-0.15, -0.1) is 5.10 Å². The van der Waals surface area contributed by atoms with Crippen LogP contribution >= 0.6 is 0 Å². The second kappa shape index (κ2) is 3.96.